The highest BCUT2D eigenvalue weighted by Gasteiger charge is 2.32. The number of carbonyl (C=O) groups is 1. The zero-order valence-electron chi connectivity index (χ0n) is 14.0. The summed E-state index contributed by atoms with van der Waals surface area (Å²) in [5.41, 5.74) is 0.343. The molecule has 2 heterocycles. The van der Waals surface area contributed by atoms with Crippen LogP contribution in [0.3, 0.4) is 0 Å². The highest BCUT2D eigenvalue weighted by atomic mass is 35.5. The minimum absolute atomic E-state index is 0.184. The third-order valence-corrected chi connectivity index (χ3v) is 3.85. The number of hydrogen-bond acceptors (Lipinski definition) is 5. The average molecular weight is 363 g/mol. The molecular formula is C18H19ClN2O4. The van der Waals surface area contributed by atoms with Crippen molar-refractivity contribution in [3.8, 4) is 11.6 Å². The first kappa shape index (κ1) is 17.7. The fourth-order valence-electron chi connectivity index (χ4n) is 2.42. The minimum atomic E-state index is -0.619. The average Bonchev–Trinajstić information content (AvgIpc) is 2.94. The number of ether oxygens (including phenoxy) is 3. The Labute approximate surface area is 151 Å². The number of carbonyl (C=O) groups excluding carboxylic acids is 1. The Kier molecular flexibility index (Phi) is 5.22. The number of nitrogens with one attached hydrogen (secondary N) is 1. The molecule has 1 N–H and O–H groups in total. The standard InChI is InChI=1S/C18H19ClN2O4/c1-18(2)23-11-14(25-18)10-21-16(22)15-4-3-9-20-17(15)24-13-7-5-12(19)6-8-13/h3-9,14H,10-11H2,1-2H3,(H,21,22). The number of aromatic nitrogens is 1. The van der Waals surface area contributed by atoms with Gasteiger partial charge in [0.15, 0.2) is 5.79 Å². The van der Waals surface area contributed by atoms with Crippen molar-refractivity contribution in [3.63, 3.8) is 0 Å². The molecule has 0 saturated carbocycles. The molecule has 0 bridgehead atoms. The third kappa shape index (κ3) is 4.69. The minimum Gasteiger partial charge on any atom is -0.438 e. The normalized spacial score (nSPS) is 18.8. The van der Waals surface area contributed by atoms with Gasteiger partial charge in [0, 0.05) is 17.8 Å². The zero-order chi connectivity index (χ0) is 17.9. The number of rotatable bonds is 5. The lowest BCUT2D eigenvalue weighted by Gasteiger charge is -2.17. The molecule has 1 fully saturated rings. The lowest BCUT2D eigenvalue weighted by Crippen LogP contribution is -2.34. The molecule has 0 radical (unpaired) electrons. The summed E-state index contributed by atoms with van der Waals surface area (Å²) in [6.45, 7) is 4.47. The van der Waals surface area contributed by atoms with Gasteiger partial charge in [0.1, 0.15) is 17.4 Å². The Morgan fingerprint density at radius 3 is 2.80 bits per heavy atom. The maximum atomic E-state index is 12.5. The Balaban J connectivity index is 1.65. The lowest BCUT2D eigenvalue weighted by molar-refractivity contribution is -0.137. The fourth-order valence-corrected chi connectivity index (χ4v) is 2.55. The van der Waals surface area contributed by atoms with E-state index in [-0.39, 0.29) is 17.9 Å². The molecule has 1 unspecified atom stereocenters. The summed E-state index contributed by atoms with van der Waals surface area (Å²) in [4.78, 5) is 16.6. The second kappa shape index (κ2) is 7.39. The summed E-state index contributed by atoms with van der Waals surface area (Å²) in [6, 6.07) is 10.2. The molecule has 132 valence electrons. The molecule has 6 nitrogen and oxygen atoms in total. The van der Waals surface area contributed by atoms with Crippen molar-refractivity contribution in [1.29, 1.82) is 0 Å². The van der Waals surface area contributed by atoms with Crippen molar-refractivity contribution in [2.45, 2.75) is 25.7 Å². The first-order valence-electron chi connectivity index (χ1n) is 7.91. The van der Waals surface area contributed by atoms with Crippen LogP contribution in [0.2, 0.25) is 5.02 Å². The molecular weight excluding hydrogens is 344 g/mol. The molecule has 0 aliphatic carbocycles. The topological polar surface area (TPSA) is 69.7 Å². The molecule has 25 heavy (non-hydrogen) atoms. The zero-order valence-corrected chi connectivity index (χ0v) is 14.7. The van der Waals surface area contributed by atoms with E-state index in [1.165, 1.54) is 0 Å². The van der Waals surface area contributed by atoms with E-state index < -0.39 is 5.79 Å². The predicted molar refractivity (Wildman–Crippen MR) is 93.0 cm³/mol. The van der Waals surface area contributed by atoms with Crippen molar-refractivity contribution in [2.24, 2.45) is 0 Å². The number of benzene rings is 1. The van der Waals surface area contributed by atoms with E-state index in [9.17, 15) is 4.79 Å². The summed E-state index contributed by atoms with van der Waals surface area (Å²) < 4.78 is 16.9. The van der Waals surface area contributed by atoms with E-state index in [2.05, 4.69) is 10.3 Å². The molecule has 1 atom stereocenters. The van der Waals surface area contributed by atoms with Crippen molar-refractivity contribution in [1.82, 2.24) is 10.3 Å². The second-order valence-electron chi connectivity index (χ2n) is 6.07. The smallest absolute Gasteiger partial charge is 0.256 e. The van der Waals surface area contributed by atoms with Crippen molar-refractivity contribution >= 4 is 17.5 Å². The lowest BCUT2D eigenvalue weighted by atomic mass is 10.2. The monoisotopic (exact) mass is 362 g/mol. The van der Waals surface area contributed by atoms with E-state index >= 15 is 0 Å². The van der Waals surface area contributed by atoms with Crippen LogP contribution in [0.25, 0.3) is 0 Å². The van der Waals surface area contributed by atoms with Gasteiger partial charge in [-0.05, 0) is 50.2 Å². The molecule has 1 aromatic heterocycles. The van der Waals surface area contributed by atoms with Gasteiger partial charge in [0.2, 0.25) is 5.88 Å². The number of nitrogens with zero attached hydrogens (tertiary/aromatic N) is 1. The second-order valence-corrected chi connectivity index (χ2v) is 6.51. The third-order valence-electron chi connectivity index (χ3n) is 3.60. The van der Waals surface area contributed by atoms with E-state index in [4.69, 9.17) is 25.8 Å². The quantitative estimate of drug-likeness (QED) is 0.882. The maximum absolute atomic E-state index is 12.5. The molecule has 1 amide bonds. The van der Waals surface area contributed by atoms with Crippen LogP contribution in [0.1, 0.15) is 24.2 Å². The van der Waals surface area contributed by atoms with Crippen molar-refractivity contribution in [2.75, 3.05) is 13.2 Å². The SMILES string of the molecule is CC1(C)OCC(CNC(=O)c2cccnc2Oc2ccc(Cl)cc2)O1. The van der Waals surface area contributed by atoms with Gasteiger partial charge in [-0.3, -0.25) is 4.79 Å². The Morgan fingerprint density at radius 1 is 1.36 bits per heavy atom. The van der Waals surface area contributed by atoms with Gasteiger partial charge in [-0.2, -0.15) is 0 Å². The van der Waals surface area contributed by atoms with Gasteiger partial charge < -0.3 is 19.5 Å². The largest absolute Gasteiger partial charge is 0.438 e. The molecule has 1 aromatic carbocycles. The van der Waals surface area contributed by atoms with E-state index in [0.717, 1.165) is 0 Å². The van der Waals surface area contributed by atoms with Crippen LogP contribution in [0.5, 0.6) is 11.6 Å². The van der Waals surface area contributed by atoms with Crippen molar-refractivity contribution in [3.05, 3.63) is 53.2 Å². The number of amides is 1. The molecule has 7 heteroatoms. The van der Waals surface area contributed by atoms with Crippen LogP contribution < -0.4 is 10.1 Å². The van der Waals surface area contributed by atoms with Gasteiger partial charge in [-0.25, -0.2) is 4.98 Å². The van der Waals surface area contributed by atoms with Crippen LogP contribution in [0.4, 0.5) is 0 Å². The molecule has 1 saturated heterocycles. The van der Waals surface area contributed by atoms with Crippen molar-refractivity contribution < 1.29 is 19.0 Å². The van der Waals surface area contributed by atoms with Crippen LogP contribution >= 0.6 is 11.6 Å². The predicted octanol–water partition coefficient (Wildman–Crippen LogP) is 3.41. The summed E-state index contributed by atoms with van der Waals surface area (Å²) in [5, 5.41) is 3.43. The summed E-state index contributed by atoms with van der Waals surface area (Å²) in [5.74, 6) is -0.130. The molecule has 0 spiro atoms. The number of pyridine rings is 1. The fraction of sp³-hybridized carbons (Fsp3) is 0.333. The summed E-state index contributed by atoms with van der Waals surface area (Å²) in [6.07, 6.45) is 1.38. The highest BCUT2D eigenvalue weighted by Crippen LogP contribution is 2.25. The highest BCUT2D eigenvalue weighted by molar-refractivity contribution is 6.30. The first-order chi connectivity index (χ1) is 11.9. The Hall–Kier alpha value is -2.15. The Bertz CT molecular complexity index is 749. The molecule has 2 aromatic rings. The van der Waals surface area contributed by atoms with E-state index in [1.54, 1.807) is 42.6 Å². The van der Waals surface area contributed by atoms with E-state index in [1.807, 2.05) is 13.8 Å². The maximum Gasteiger partial charge on any atom is 0.256 e. The van der Waals surface area contributed by atoms with Crippen LogP contribution in [-0.2, 0) is 9.47 Å². The number of hydrogen-bond donors (Lipinski definition) is 1. The summed E-state index contributed by atoms with van der Waals surface area (Å²) >= 11 is 5.86. The van der Waals surface area contributed by atoms with Crippen LogP contribution in [0.15, 0.2) is 42.6 Å². The first-order valence-corrected chi connectivity index (χ1v) is 8.29. The van der Waals surface area contributed by atoms with Gasteiger partial charge >= 0.3 is 0 Å². The van der Waals surface area contributed by atoms with Crippen LogP contribution in [0, 0.1) is 0 Å². The van der Waals surface area contributed by atoms with Gasteiger partial charge in [-0.15, -0.1) is 0 Å². The van der Waals surface area contributed by atoms with E-state index in [0.29, 0.717) is 29.5 Å². The van der Waals surface area contributed by atoms with Gasteiger partial charge in [0.25, 0.3) is 5.91 Å². The van der Waals surface area contributed by atoms with Crippen LogP contribution in [-0.4, -0.2) is 35.9 Å². The summed E-state index contributed by atoms with van der Waals surface area (Å²) in [7, 11) is 0. The Morgan fingerprint density at radius 2 is 2.12 bits per heavy atom. The van der Waals surface area contributed by atoms with Gasteiger partial charge in [0.05, 0.1) is 6.61 Å². The molecule has 3 rings (SSSR count). The van der Waals surface area contributed by atoms with Gasteiger partial charge in [-0.1, -0.05) is 11.6 Å². The number of halogens is 1. The molecule has 1 aliphatic rings. The molecule has 1 aliphatic heterocycles.